The Morgan fingerprint density at radius 1 is 1.56 bits per heavy atom. The standard InChI is InChI=1S/C12H16N2OS/c1-9(14)7-16-8-10-3-4-11(6-13)12(5-10)15-2/h3-5,9H,7-8,14H2,1-2H3. The van der Waals surface area contributed by atoms with Crippen LogP contribution in [-0.2, 0) is 5.75 Å². The third kappa shape index (κ3) is 3.76. The largest absolute Gasteiger partial charge is 0.495 e. The molecule has 1 aromatic carbocycles. The van der Waals surface area contributed by atoms with Gasteiger partial charge in [0.05, 0.1) is 12.7 Å². The molecule has 1 aromatic rings. The highest BCUT2D eigenvalue weighted by atomic mass is 32.2. The van der Waals surface area contributed by atoms with Gasteiger partial charge in [-0.2, -0.15) is 17.0 Å². The van der Waals surface area contributed by atoms with Crippen LogP contribution in [-0.4, -0.2) is 18.9 Å². The van der Waals surface area contributed by atoms with Crippen molar-refractivity contribution in [3.63, 3.8) is 0 Å². The zero-order valence-corrected chi connectivity index (χ0v) is 10.4. The molecule has 0 fully saturated rings. The fraction of sp³-hybridized carbons (Fsp3) is 0.417. The molecule has 0 amide bonds. The van der Waals surface area contributed by atoms with Crippen LogP contribution in [0.5, 0.6) is 5.75 Å². The molecular formula is C12H16N2OS. The number of thioether (sulfide) groups is 1. The summed E-state index contributed by atoms with van der Waals surface area (Å²) in [6, 6.07) is 7.96. The Bertz CT molecular complexity index is 385. The minimum atomic E-state index is 0.213. The van der Waals surface area contributed by atoms with Gasteiger partial charge < -0.3 is 10.5 Å². The van der Waals surface area contributed by atoms with Crippen LogP contribution in [0.15, 0.2) is 18.2 Å². The van der Waals surface area contributed by atoms with Gasteiger partial charge in [-0.05, 0) is 24.6 Å². The molecule has 0 saturated heterocycles. The van der Waals surface area contributed by atoms with E-state index in [0.717, 1.165) is 17.1 Å². The molecule has 0 saturated carbocycles. The highest BCUT2D eigenvalue weighted by molar-refractivity contribution is 7.98. The van der Waals surface area contributed by atoms with Crippen molar-refractivity contribution in [2.45, 2.75) is 18.7 Å². The van der Waals surface area contributed by atoms with Crippen LogP contribution >= 0.6 is 11.8 Å². The number of benzene rings is 1. The third-order valence-electron chi connectivity index (χ3n) is 2.04. The molecule has 0 aliphatic carbocycles. The second-order valence-electron chi connectivity index (χ2n) is 3.64. The van der Waals surface area contributed by atoms with E-state index < -0.39 is 0 Å². The summed E-state index contributed by atoms with van der Waals surface area (Å²) in [5.74, 6) is 2.47. The van der Waals surface area contributed by atoms with Gasteiger partial charge in [0.15, 0.2) is 0 Å². The van der Waals surface area contributed by atoms with Crippen molar-refractivity contribution in [2.24, 2.45) is 5.73 Å². The molecule has 3 nitrogen and oxygen atoms in total. The van der Waals surface area contributed by atoms with E-state index in [4.69, 9.17) is 15.7 Å². The Balaban J connectivity index is 2.65. The number of nitrogens with two attached hydrogens (primary N) is 1. The number of ether oxygens (including phenoxy) is 1. The molecule has 0 spiro atoms. The van der Waals surface area contributed by atoms with Crippen LogP contribution in [0.3, 0.4) is 0 Å². The van der Waals surface area contributed by atoms with Crippen LogP contribution in [0.2, 0.25) is 0 Å². The average Bonchev–Trinajstić information content (AvgIpc) is 2.28. The summed E-state index contributed by atoms with van der Waals surface area (Å²) in [6.07, 6.45) is 0. The Labute approximate surface area is 101 Å². The predicted octanol–water partition coefficient (Wildman–Crippen LogP) is 2.15. The monoisotopic (exact) mass is 236 g/mol. The van der Waals surface area contributed by atoms with Crippen molar-refractivity contribution in [3.05, 3.63) is 29.3 Å². The van der Waals surface area contributed by atoms with Gasteiger partial charge in [-0.15, -0.1) is 0 Å². The van der Waals surface area contributed by atoms with E-state index in [1.54, 1.807) is 24.9 Å². The summed E-state index contributed by atoms with van der Waals surface area (Å²) in [5, 5.41) is 8.84. The molecule has 1 rings (SSSR count). The lowest BCUT2D eigenvalue weighted by atomic mass is 10.1. The van der Waals surface area contributed by atoms with E-state index in [2.05, 4.69) is 6.07 Å². The Morgan fingerprint density at radius 2 is 2.31 bits per heavy atom. The van der Waals surface area contributed by atoms with E-state index >= 15 is 0 Å². The Kier molecular flexibility index (Phi) is 5.17. The van der Waals surface area contributed by atoms with E-state index in [0.29, 0.717) is 11.3 Å². The highest BCUT2D eigenvalue weighted by Crippen LogP contribution is 2.22. The molecule has 86 valence electrons. The molecule has 1 unspecified atom stereocenters. The predicted molar refractivity (Wildman–Crippen MR) is 67.5 cm³/mol. The molecule has 2 N–H and O–H groups in total. The maximum atomic E-state index is 8.84. The number of methoxy groups -OCH3 is 1. The van der Waals surface area contributed by atoms with E-state index in [-0.39, 0.29) is 6.04 Å². The van der Waals surface area contributed by atoms with Gasteiger partial charge >= 0.3 is 0 Å². The topological polar surface area (TPSA) is 59.0 Å². The number of hydrogen-bond donors (Lipinski definition) is 1. The van der Waals surface area contributed by atoms with Gasteiger partial charge in [0.25, 0.3) is 0 Å². The molecule has 0 aliphatic rings. The van der Waals surface area contributed by atoms with Crippen molar-refractivity contribution in [1.82, 2.24) is 0 Å². The first kappa shape index (κ1) is 12.9. The average molecular weight is 236 g/mol. The number of rotatable bonds is 5. The lowest BCUT2D eigenvalue weighted by molar-refractivity contribution is 0.413. The maximum Gasteiger partial charge on any atom is 0.136 e. The second kappa shape index (κ2) is 6.41. The summed E-state index contributed by atoms with van der Waals surface area (Å²) < 4.78 is 5.15. The van der Waals surface area contributed by atoms with E-state index in [1.807, 2.05) is 19.1 Å². The first-order valence-corrected chi connectivity index (χ1v) is 6.23. The highest BCUT2D eigenvalue weighted by Gasteiger charge is 2.04. The van der Waals surface area contributed by atoms with Crippen LogP contribution in [0, 0.1) is 11.3 Å². The smallest absolute Gasteiger partial charge is 0.136 e. The zero-order valence-electron chi connectivity index (χ0n) is 9.56. The van der Waals surface area contributed by atoms with Gasteiger partial charge in [0, 0.05) is 17.5 Å². The van der Waals surface area contributed by atoms with Crippen molar-refractivity contribution >= 4 is 11.8 Å². The van der Waals surface area contributed by atoms with Crippen LogP contribution in [0.4, 0.5) is 0 Å². The second-order valence-corrected chi connectivity index (χ2v) is 4.67. The van der Waals surface area contributed by atoms with Crippen LogP contribution < -0.4 is 10.5 Å². The molecule has 16 heavy (non-hydrogen) atoms. The zero-order chi connectivity index (χ0) is 12.0. The molecule has 0 heterocycles. The number of nitrogens with zero attached hydrogens (tertiary/aromatic N) is 1. The fourth-order valence-electron chi connectivity index (χ4n) is 1.28. The minimum Gasteiger partial charge on any atom is -0.495 e. The lowest BCUT2D eigenvalue weighted by Gasteiger charge is -2.07. The molecule has 0 bridgehead atoms. The Hall–Kier alpha value is -1.18. The number of hydrogen-bond acceptors (Lipinski definition) is 4. The Morgan fingerprint density at radius 3 is 2.88 bits per heavy atom. The molecule has 0 aromatic heterocycles. The van der Waals surface area contributed by atoms with E-state index in [1.165, 1.54) is 0 Å². The van der Waals surface area contributed by atoms with Gasteiger partial charge in [-0.3, -0.25) is 0 Å². The molecule has 1 atom stereocenters. The van der Waals surface area contributed by atoms with Crippen molar-refractivity contribution in [3.8, 4) is 11.8 Å². The van der Waals surface area contributed by atoms with Crippen LogP contribution in [0.25, 0.3) is 0 Å². The number of nitriles is 1. The van der Waals surface area contributed by atoms with Crippen molar-refractivity contribution in [2.75, 3.05) is 12.9 Å². The summed E-state index contributed by atoms with van der Waals surface area (Å²) in [7, 11) is 1.58. The normalized spacial score (nSPS) is 11.9. The summed E-state index contributed by atoms with van der Waals surface area (Å²) in [5.41, 5.74) is 7.40. The SMILES string of the molecule is COc1cc(CSCC(C)N)ccc1C#N. The third-order valence-corrected chi connectivity index (χ3v) is 3.33. The molecule has 0 aliphatic heterocycles. The first-order chi connectivity index (χ1) is 7.67. The van der Waals surface area contributed by atoms with Crippen molar-refractivity contribution < 1.29 is 4.74 Å². The summed E-state index contributed by atoms with van der Waals surface area (Å²) >= 11 is 1.78. The summed E-state index contributed by atoms with van der Waals surface area (Å²) in [4.78, 5) is 0. The van der Waals surface area contributed by atoms with Crippen molar-refractivity contribution in [1.29, 1.82) is 5.26 Å². The maximum absolute atomic E-state index is 8.84. The van der Waals surface area contributed by atoms with Gasteiger partial charge in [-0.1, -0.05) is 6.07 Å². The lowest BCUT2D eigenvalue weighted by Crippen LogP contribution is -2.17. The molecular weight excluding hydrogens is 220 g/mol. The van der Waals surface area contributed by atoms with Crippen LogP contribution in [0.1, 0.15) is 18.1 Å². The quantitative estimate of drug-likeness (QED) is 0.851. The first-order valence-electron chi connectivity index (χ1n) is 5.07. The minimum absolute atomic E-state index is 0.213. The van der Waals surface area contributed by atoms with Gasteiger partial charge in [-0.25, -0.2) is 0 Å². The fourth-order valence-corrected chi connectivity index (χ4v) is 2.19. The van der Waals surface area contributed by atoms with Gasteiger partial charge in [0.2, 0.25) is 0 Å². The molecule has 0 radical (unpaired) electrons. The molecule has 4 heteroatoms. The van der Waals surface area contributed by atoms with E-state index in [9.17, 15) is 0 Å². The van der Waals surface area contributed by atoms with Gasteiger partial charge in [0.1, 0.15) is 11.8 Å². The summed E-state index contributed by atoms with van der Waals surface area (Å²) in [6.45, 7) is 1.99.